The second kappa shape index (κ2) is 8.89. The number of anilines is 2. The Kier molecular flexibility index (Phi) is 5.79. The molecule has 5 rings (SSSR count). The van der Waals surface area contributed by atoms with Gasteiger partial charge in [0.05, 0.1) is 12.2 Å². The fourth-order valence-corrected chi connectivity index (χ4v) is 4.30. The molecule has 2 N–H and O–H groups in total. The van der Waals surface area contributed by atoms with E-state index in [1.165, 1.54) is 0 Å². The molecule has 5 nitrogen and oxygen atoms in total. The molecular weight excluding hydrogens is 500 g/mol. The van der Waals surface area contributed by atoms with Gasteiger partial charge in [0, 0.05) is 20.9 Å². The van der Waals surface area contributed by atoms with Crippen LogP contribution < -0.4 is 10.6 Å². The van der Waals surface area contributed by atoms with Crippen LogP contribution in [0.15, 0.2) is 89.5 Å². The van der Waals surface area contributed by atoms with Gasteiger partial charge in [-0.25, -0.2) is 4.68 Å². The minimum atomic E-state index is -0.252. The van der Waals surface area contributed by atoms with Gasteiger partial charge in [-0.15, -0.1) is 0 Å². The van der Waals surface area contributed by atoms with E-state index in [-0.39, 0.29) is 11.9 Å². The predicted molar refractivity (Wildman–Crippen MR) is 137 cm³/mol. The average Bonchev–Trinajstić information content (AvgIpc) is 3.26. The van der Waals surface area contributed by atoms with Crippen LogP contribution in [0.25, 0.3) is 5.70 Å². The molecule has 164 valence electrons. The van der Waals surface area contributed by atoms with Crippen LogP contribution in [0, 0.1) is 6.92 Å². The van der Waals surface area contributed by atoms with Gasteiger partial charge in [0.1, 0.15) is 11.4 Å². The van der Waals surface area contributed by atoms with Crippen LogP contribution in [0.3, 0.4) is 0 Å². The van der Waals surface area contributed by atoms with E-state index in [0.29, 0.717) is 22.1 Å². The maximum absolute atomic E-state index is 13.3. The van der Waals surface area contributed by atoms with Crippen molar-refractivity contribution in [3.8, 4) is 0 Å². The molecule has 1 atom stereocenters. The van der Waals surface area contributed by atoms with Crippen molar-refractivity contribution in [2.24, 2.45) is 0 Å². The van der Waals surface area contributed by atoms with Crippen LogP contribution in [-0.4, -0.2) is 15.7 Å². The van der Waals surface area contributed by atoms with Crippen LogP contribution in [0.5, 0.6) is 0 Å². The number of carbonyl (C=O) groups is 1. The van der Waals surface area contributed by atoms with Crippen LogP contribution in [0.2, 0.25) is 5.02 Å². The van der Waals surface area contributed by atoms with Crippen LogP contribution in [-0.2, 0) is 0 Å². The van der Waals surface area contributed by atoms with E-state index in [1.807, 2.05) is 60.1 Å². The molecule has 0 bridgehead atoms. The third kappa shape index (κ3) is 4.32. The monoisotopic (exact) mass is 518 g/mol. The highest BCUT2D eigenvalue weighted by molar-refractivity contribution is 9.10. The minimum Gasteiger partial charge on any atom is -0.339 e. The van der Waals surface area contributed by atoms with E-state index < -0.39 is 0 Å². The Labute approximate surface area is 205 Å². The lowest BCUT2D eigenvalue weighted by molar-refractivity contribution is 0.102. The summed E-state index contributed by atoms with van der Waals surface area (Å²) >= 11 is 9.63. The molecule has 33 heavy (non-hydrogen) atoms. The summed E-state index contributed by atoms with van der Waals surface area (Å²) in [5.74, 6) is 0.388. The lowest BCUT2D eigenvalue weighted by atomic mass is 10.0. The Balaban J connectivity index is 1.55. The molecule has 0 aliphatic carbocycles. The summed E-state index contributed by atoms with van der Waals surface area (Å²) in [6.07, 6.45) is 3.73. The van der Waals surface area contributed by atoms with Crippen molar-refractivity contribution in [2.45, 2.75) is 13.0 Å². The number of nitrogens with zero attached hydrogens (tertiary/aromatic N) is 2. The van der Waals surface area contributed by atoms with Gasteiger partial charge in [0.25, 0.3) is 5.91 Å². The zero-order valence-electron chi connectivity index (χ0n) is 17.7. The van der Waals surface area contributed by atoms with Crippen molar-refractivity contribution < 1.29 is 4.79 Å². The van der Waals surface area contributed by atoms with E-state index >= 15 is 0 Å². The summed E-state index contributed by atoms with van der Waals surface area (Å²) in [6, 6.07) is 23.4. The smallest absolute Gasteiger partial charge is 0.261 e. The van der Waals surface area contributed by atoms with Gasteiger partial charge in [0.2, 0.25) is 0 Å². The topological polar surface area (TPSA) is 59.0 Å². The summed E-state index contributed by atoms with van der Waals surface area (Å²) in [4.78, 5) is 13.3. The molecule has 3 aromatic carbocycles. The second-order valence-corrected chi connectivity index (χ2v) is 9.18. The lowest BCUT2D eigenvalue weighted by Gasteiger charge is -2.26. The van der Waals surface area contributed by atoms with Crippen molar-refractivity contribution in [1.29, 1.82) is 0 Å². The molecule has 4 aromatic rings. The molecule has 0 radical (unpaired) electrons. The lowest BCUT2D eigenvalue weighted by Crippen LogP contribution is -2.22. The molecule has 0 saturated carbocycles. The van der Waals surface area contributed by atoms with Gasteiger partial charge in [-0.05, 0) is 54.0 Å². The Morgan fingerprint density at radius 2 is 1.85 bits per heavy atom. The molecule has 2 heterocycles. The van der Waals surface area contributed by atoms with E-state index in [2.05, 4.69) is 49.9 Å². The fraction of sp³-hybridized carbons (Fsp3) is 0.0769. The maximum atomic E-state index is 13.3. The molecule has 0 fully saturated rings. The van der Waals surface area contributed by atoms with Crippen LogP contribution in [0.1, 0.15) is 33.1 Å². The van der Waals surface area contributed by atoms with Crippen LogP contribution >= 0.6 is 27.5 Å². The summed E-state index contributed by atoms with van der Waals surface area (Å²) in [6.45, 7) is 1.93. The second-order valence-electron chi connectivity index (χ2n) is 7.83. The fourth-order valence-electron chi connectivity index (χ4n) is 3.87. The van der Waals surface area contributed by atoms with Gasteiger partial charge >= 0.3 is 0 Å². The van der Waals surface area contributed by atoms with E-state index in [9.17, 15) is 4.79 Å². The Morgan fingerprint density at radius 3 is 2.61 bits per heavy atom. The minimum absolute atomic E-state index is 0.157. The summed E-state index contributed by atoms with van der Waals surface area (Å²) < 4.78 is 2.85. The van der Waals surface area contributed by atoms with Crippen molar-refractivity contribution in [3.05, 3.63) is 117 Å². The Morgan fingerprint density at radius 1 is 1.09 bits per heavy atom. The van der Waals surface area contributed by atoms with E-state index in [1.54, 1.807) is 18.3 Å². The number of hydrogen-bond donors (Lipinski definition) is 2. The molecular formula is C26H20BrClN4O. The number of halogens is 2. The molecule has 0 spiro atoms. The largest absolute Gasteiger partial charge is 0.339 e. The average molecular weight is 520 g/mol. The van der Waals surface area contributed by atoms with E-state index in [4.69, 9.17) is 11.6 Å². The number of aromatic nitrogens is 2. The van der Waals surface area contributed by atoms with Crippen molar-refractivity contribution in [1.82, 2.24) is 9.78 Å². The highest BCUT2D eigenvalue weighted by Gasteiger charge is 2.28. The number of benzene rings is 3. The summed E-state index contributed by atoms with van der Waals surface area (Å²) in [5, 5.41) is 11.6. The van der Waals surface area contributed by atoms with Crippen molar-refractivity contribution >= 4 is 50.6 Å². The number of aryl methyl sites for hydroxylation is 1. The highest BCUT2D eigenvalue weighted by atomic mass is 79.9. The van der Waals surface area contributed by atoms with Gasteiger partial charge in [-0.1, -0.05) is 76.1 Å². The predicted octanol–water partition coefficient (Wildman–Crippen LogP) is 6.92. The van der Waals surface area contributed by atoms with Gasteiger partial charge in [-0.3, -0.25) is 4.79 Å². The molecule has 1 aliphatic heterocycles. The first kappa shape index (κ1) is 21.5. The standard InChI is InChI=1S/C26H20BrClN4O/c1-16-7-12-20(28)13-22(16)31-26(33)21-15-29-32-24(18-5-3-2-4-6-18)14-23(30-25(21)32)17-8-10-19(27)11-9-17/h2-15,24,30H,1H3,(H,31,33)/t24-/m0/s1. The number of allylic oxidation sites excluding steroid dienone is 1. The number of nitrogens with one attached hydrogen (secondary N) is 2. The normalized spacial score (nSPS) is 14.8. The number of carbonyl (C=O) groups excluding carboxylic acids is 1. The van der Waals surface area contributed by atoms with E-state index in [0.717, 1.165) is 26.9 Å². The Hall–Kier alpha value is -3.35. The molecule has 1 aromatic heterocycles. The SMILES string of the molecule is Cc1ccc(Cl)cc1NC(=O)c1cnn2c1NC(c1ccc(Br)cc1)=C[C@H]2c1ccccc1. The molecule has 7 heteroatoms. The zero-order chi connectivity index (χ0) is 22.9. The first-order valence-corrected chi connectivity index (χ1v) is 11.6. The summed E-state index contributed by atoms with van der Waals surface area (Å²) in [5.41, 5.74) is 5.07. The first-order chi connectivity index (χ1) is 16.0. The number of fused-ring (bicyclic) bond motifs is 1. The molecule has 0 unspecified atom stereocenters. The van der Waals surface area contributed by atoms with Crippen molar-refractivity contribution in [2.75, 3.05) is 10.6 Å². The van der Waals surface area contributed by atoms with Crippen LogP contribution in [0.4, 0.5) is 11.5 Å². The molecule has 1 aliphatic rings. The number of hydrogen-bond acceptors (Lipinski definition) is 3. The molecule has 1 amide bonds. The van der Waals surface area contributed by atoms with Gasteiger partial charge in [-0.2, -0.15) is 5.10 Å². The van der Waals surface area contributed by atoms with Crippen molar-refractivity contribution in [3.63, 3.8) is 0 Å². The summed E-state index contributed by atoms with van der Waals surface area (Å²) in [7, 11) is 0. The Bertz CT molecular complexity index is 1360. The number of rotatable bonds is 4. The molecule has 0 saturated heterocycles. The number of amides is 1. The third-order valence-corrected chi connectivity index (χ3v) is 6.39. The van der Waals surface area contributed by atoms with Gasteiger partial charge in [0.15, 0.2) is 0 Å². The third-order valence-electron chi connectivity index (χ3n) is 5.63. The first-order valence-electron chi connectivity index (χ1n) is 10.4. The quantitative estimate of drug-likeness (QED) is 0.308. The maximum Gasteiger partial charge on any atom is 0.261 e. The van der Waals surface area contributed by atoms with Gasteiger partial charge < -0.3 is 10.6 Å². The zero-order valence-corrected chi connectivity index (χ0v) is 20.1. The highest BCUT2D eigenvalue weighted by Crippen LogP contribution is 2.36.